The van der Waals surface area contributed by atoms with Crippen LogP contribution in [0.5, 0.6) is 0 Å². The highest BCUT2D eigenvalue weighted by Gasteiger charge is 2.45. The summed E-state index contributed by atoms with van der Waals surface area (Å²) in [6.45, 7) is 1.81. The summed E-state index contributed by atoms with van der Waals surface area (Å²) in [6, 6.07) is 9.41. The zero-order chi connectivity index (χ0) is 28.3. The molecule has 6 rings (SSSR count). The van der Waals surface area contributed by atoms with E-state index in [1.54, 1.807) is 36.3 Å². The molecule has 1 saturated heterocycles. The van der Waals surface area contributed by atoms with Crippen LogP contribution >= 0.6 is 11.6 Å². The molecule has 3 aliphatic heterocycles. The van der Waals surface area contributed by atoms with E-state index in [0.29, 0.717) is 34.9 Å². The van der Waals surface area contributed by atoms with Crippen LogP contribution in [0.3, 0.4) is 0 Å². The topological polar surface area (TPSA) is 129 Å². The van der Waals surface area contributed by atoms with E-state index in [1.165, 1.54) is 6.07 Å². The van der Waals surface area contributed by atoms with Crippen molar-refractivity contribution >= 4 is 58.2 Å². The number of pyridine rings is 1. The normalized spacial score (nSPS) is 18.6. The lowest BCUT2D eigenvalue weighted by Crippen LogP contribution is -2.54. The van der Waals surface area contributed by atoms with Gasteiger partial charge in [0, 0.05) is 48.6 Å². The second-order valence-corrected chi connectivity index (χ2v) is 10.4. The lowest BCUT2D eigenvalue weighted by Gasteiger charge is -2.28. The van der Waals surface area contributed by atoms with Crippen LogP contribution in [-0.4, -0.2) is 52.5 Å². The molecule has 1 unspecified atom stereocenters. The molecule has 2 aromatic carbocycles. The molecule has 40 heavy (non-hydrogen) atoms. The Kier molecular flexibility index (Phi) is 6.14. The van der Waals surface area contributed by atoms with Crippen LogP contribution in [0.4, 0.5) is 17.1 Å². The van der Waals surface area contributed by atoms with Gasteiger partial charge < -0.3 is 10.2 Å². The molecule has 0 bridgehead atoms. The fraction of sp³-hybridized carbons (Fsp3) is 0.241. The van der Waals surface area contributed by atoms with E-state index in [0.717, 1.165) is 27.3 Å². The number of rotatable bonds is 4. The van der Waals surface area contributed by atoms with Crippen LogP contribution in [0.2, 0.25) is 5.02 Å². The second kappa shape index (κ2) is 9.56. The van der Waals surface area contributed by atoms with Gasteiger partial charge in [0.25, 0.3) is 11.8 Å². The van der Waals surface area contributed by atoms with Gasteiger partial charge >= 0.3 is 0 Å². The lowest BCUT2D eigenvalue weighted by atomic mass is 9.94. The molecule has 0 aliphatic carbocycles. The number of benzene rings is 2. The summed E-state index contributed by atoms with van der Waals surface area (Å²) in [5, 5.41) is 6.01. The Labute approximate surface area is 234 Å². The maximum atomic E-state index is 13.6. The number of carbonyl (C=O) groups is 5. The number of anilines is 3. The molecule has 5 amide bonds. The number of imide groups is 2. The summed E-state index contributed by atoms with van der Waals surface area (Å²) in [6.07, 6.45) is 2.72. The third kappa shape index (κ3) is 4.03. The van der Waals surface area contributed by atoms with Crippen molar-refractivity contribution in [2.75, 3.05) is 17.3 Å². The standard InChI is InChI=1S/C29H24ClN5O5/c1-14-26(30)16(10-11-31-14)18-12-15-6-9-24(37)34(2)22(15)13-20(18)32-19-5-3-4-17-25(19)29(40)35(28(17)39)21-7-8-23(36)33-27(21)38/h3-5,10-13,21,32H,6-9H2,1-2H3,(H,33,36,38). The van der Waals surface area contributed by atoms with E-state index in [1.807, 2.05) is 19.1 Å². The molecular weight excluding hydrogens is 534 g/mol. The Morgan fingerprint density at radius 1 is 0.950 bits per heavy atom. The molecule has 4 heterocycles. The fourth-order valence-electron chi connectivity index (χ4n) is 5.54. The lowest BCUT2D eigenvalue weighted by molar-refractivity contribution is -0.136. The number of hydrogen-bond donors (Lipinski definition) is 2. The van der Waals surface area contributed by atoms with Gasteiger partial charge in [0.1, 0.15) is 6.04 Å². The first-order chi connectivity index (χ1) is 19.2. The molecule has 202 valence electrons. The summed E-state index contributed by atoms with van der Waals surface area (Å²) in [5.74, 6) is -2.34. The number of fused-ring (bicyclic) bond motifs is 2. The third-order valence-corrected chi connectivity index (χ3v) is 8.13. The van der Waals surface area contributed by atoms with Crippen LogP contribution in [0.1, 0.15) is 51.2 Å². The van der Waals surface area contributed by atoms with E-state index < -0.39 is 29.7 Å². The number of nitrogens with one attached hydrogen (secondary N) is 2. The van der Waals surface area contributed by atoms with Crippen molar-refractivity contribution in [1.29, 1.82) is 0 Å². The Balaban J connectivity index is 1.46. The van der Waals surface area contributed by atoms with Crippen LogP contribution in [0, 0.1) is 6.92 Å². The zero-order valence-corrected chi connectivity index (χ0v) is 22.5. The molecule has 3 aliphatic rings. The predicted molar refractivity (Wildman–Crippen MR) is 148 cm³/mol. The van der Waals surface area contributed by atoms with E-state index in [-0.39, 0.29) is 29.9 Å². The molecule has 1 fully saturated rings. The minimum Gasteiger partial charge on any atom is -0.354 e. The summed E-state index contributed by atoms with van der Waals surface area (Å²) in [7, 11) is 1.72. The molecule has 0 radical (unpaired) electrons. The molecule has 1 atom stereocenters. The second-order valence-electron chi connectivity index (χ2n) is 10.0. The largest absolute Gasteiger partial charge is 0.354 e. The van der Waals surface area contributed by atoms with Crippen molar-refractivity contribution in [2.45, 2.75) is 38.6 Å². The first kappa shape index (κ1) is 25.7. The number of piperidine rings is 1. The summed E-state index contributed by atoms with van der Waals surface area (Å²) in [4.78, 5) is 70.4. The van der Waals surface area contributed by atoms with E-state index in [2.05, 4.69) is 15.6 Å². The summed E-state index contributed by atoms with van der Waals surface area (Å²) < 4.78 is 0. The minimum absolute atomic E-state index is 0.00903. The maximum Gasteiger partial charge on any atom is 0.264 e. The van der Waals surface area contributed by atoms with Crippen LogP contribution in [0.25, 0.3) is 11.1 Å². The van der Waals surface area contributed by atoms with Crippen molar-refractivity contribution in [1.82, 2.24) is 15.2 Å². The summed E-state index contributed by atoms with van der Waals surface area (Å²) >= 11 is 6.68. The van der Waals surface area contributed by atoms with Gasteiger partial charge in [0.15, 0.2) is 0 Å². The monoisotopic (exact) mass is 557 g/mol. The van der Waals surface area contributed by atoms with E-state index >= 15 is 0 Å². The van der Waals surface area contributed by atoms with Crippen molar-refractivity contribution in [3.8, 4) is 11.1 Å². The number of carbonyl (C=O) groups excluding carboxylic acids is 5. The average molecular weight is 558 g/mol. The zero-order valence-electron chi connectivity index (χ0n) is 21.7. The Hall–Kier alpha value is -4.57. The maximum absolute atomic E-state index is 13.6. The number of nitrogens with zero attached hydrogens (tertiary/aromatic N) is 3. The highest BCUT2D eigenvalue weighted by Crippen LogP contribution is 2.43. The Bertz CT molecular complexity index is 1670. The molecule has 2 N–H and O–H groups in total. The van der Waals surface area contributed by atoms with Gasteiger partial charge in [-0.2, -0.15) is 0 Å². The quantitative estimate of drug-likeness (QED) is 0.467. The smallest absolute Gasteiger partial charge is 0.264 e. The molecule has 3 aromatic rings. The van der Waals surface area contributed by atoms with Gasteiger partial charge in [-0.1, -0.05) is 17.7 Å². The molecular formula is C29H24ClN5O5. The van der Waals surface area contributed by atoms with Gasteiger partial charge in [-0.25, -0.2) is 0 Å². The van der Waals surface area contributed by atoms with E-state index in [9.17, 15) is 24.0 Å². The van der Waals surface area contributed by atoms with Gasteiger partial charge in [-0.15, -0.1) is 0 Å². The SMILES string of the molecule is Cc1nccc(-c2cc3c(cc2Nc2cccc4c2C(=O)N(C2CCC(=O)NC2=O)C4=O)N(C)C(=O)CC3)c1Cl. The average Bonchev–Trinajstić information content (AvgIpc) is 3.18. The first-order valence-electron chi connectivity index (χ1n) is 12.8. The first-order valence-corrected chi connectivity index (χ1v) is 13.2. The van der Waals surface area contributed by atoms with Gasteiger partial charge in [0.2, 0.25) is 17.7 Å². The molecule has 11 heteroatoms. The van der Waals surface area contributed by atoms with Crippen molar-refractivity contribution in [3.63, 3.8) is 0 Å². The Morgan fingerprint density at radius 2 is 1.75 bits per heavy atom. The molecule has 0 spiro atoms. The van der Waals surface area contributed by atoms with Crippen LogP contribution in [0.15, 0.2) is 42.6 Å². The third-order valence-electron chi connectivity index (χ3n) is 7.65. The highest BCUT2D eigenvalue weighted by molar-refractivity contribution is 6.34. The summed E-state index contributed by atoms with van der Waals surface area (Å²) in [5.41, 5.74) is 5.03. The van der Waals surface area contributed by atoms with Crippen molar-refractivity contribution in [3.05, 3.63) is 70.0 Å². The number of aromatic nitrogens is 1. The van der Waals surface area contributed by atoms with E-state index in [4.69, 9.17) is 11.6 Å². The fourth-order valence-corrected chi connectivity index (χ4v) is 5.75. The van der Waals surface area contributed by atoms with Gasteiger partial charge in [-0.3, -0.25) is 39.2 Å². The number of hydrogen-bond acceptors (Lipinski definition) is 7. The van der Waals surface area contributed by atoms with Crippen LogP contribution < -0.4 is 15.5 Å². The molecule has 0 saturated carbocycles. The number of halogens is 1. The highest BCUT2D eigenvalue weighted by atomic mass is 35.5. The minimum atomic E-state index is -1.07. The van der Waals surface area contributed by atoms with Crippen molar-refractivity contribution in [2.24, 2.45) is 0 Å². The van der Waals surface area contributed by atoms with Crippen LogP contribution in [-0.2, 0) is 20.8 Å². The molecule has 10 nitrogen and oxygen atoms in total. The predicted octanol–water partition coefficient (Wildman–Crippen LogP) is 3.76. The van der Waals surface area contributed by atoms with Crippen molar-refractivity contribution < 1.29 is 24.0 Å². The van der Waals surface area contributed by atoms with Gasteiger partial charge in [0.05, 0.1) is 27.5 Å². The molecule has 1 aromatic heterocycles. The number of amides is 5. The Morgan fingerprint density at radius 3 is 2.52 bits per heavy atom. The number of aryl methyl sites for hydroxylation is 2. The van der Waals surface area contributed by atoms with Gasteiger partial charge in [-0.05, 0) is 55.7 Å².